The Kier molecular flexibility index (Phi) is 5.90. The van der Waals surface area contributed by atoms with Gasteiger partial charge in [-0.05, 0) is 37.1 Å². The van der Waals surface area contributed by atoms with Crippen LogP contribution in [0.5, 0.6) is 5.75 Å². The minimum atomic E-state index is 0.193. The van der Waals surface area contributed by atoms with Gasteiger partial charge in [-0.3, -0.25) is 0 Å². The van der Waals surface area contributed by atoms with E-state index in [0.717, 1.165) is 25.1 Å². The van der Waals surface area contributed by atoms with Crippen molar-refractivity contribution in [1.82, 2.24) is 5.32 Å². The Balaban J connectivity index is 2.73. The van der Waals surface area contributed by atoms with Gasteiger partial charge in [0, 0.05) is 12.6 Å². The van der Waals surface area contributed by atoms with Crippen LogP contribution in [0, 0.1) is 0 Å². The van der Waals surface area contributed by atoms with Gasteiger partial charge in [0.1, 0.15) is 5.75 Å². The monoisotopic (exact) mass is 223 g/mol. The van der Waals surface area contributed by atoms with Crippen molar-refractivity contribution >= 4 is 0 Å². The molecule has 0 fully saturated rings. The van der Waals surface area contributed by atoms with Crippen LogP contribution in [0.1, 0.15) is 31.4 Å². The van der Waals surface area contributed by atoms with Crippen LogP contribution in [-0.2, 0) is 0 Å². The highest BCUT2D eigenvalue weighted by atomic mass is 16.5. The maximum Gasteiger partial charge on any atom is 0.119 e. The number of benzene rings is 1. The lowest BCUT2D eigenvalue weighted by atomic mass is 10.0. The summed E-state index contributed by atoms with van der Waals surface area (Å²) in [5.41, 5.74) is 1.17. The molecule has 3 heteroatoms. The predicted molar refractivity (Wildman–Crippen MR) is 65.7 cm³/mol. The molecule has 0 aromatic heterocycles. The van der Waals surface area contributed by atoms with E-state index in [1.807, 2.05) is 18.2 Å². The number of ether oxygens (including phenoxy) is 1. The van der Waals surface area contributed by atoms with Crippen molar-refractivity contribution in [1.29, 1.82) is 0 Å². The van der Waals surface area contributed by atoms with E-state index >= 15 is 0 Å². The van der Waals surface area contributed by atoms with Crippen LogP contribution in [0.3, 0.4) is 0 Å². The minimum absolute atomic E-state index is 0.193. The van der Waals surface area contributed by atoms with Crippen molar-refractivity contribution in [3.05, 3.63) is 29.8 Å². The summed E-state index contributed by atoms with van der Waals surface area (Å²) >= 11 is 0. The zero-order valence-electron chi connectivity index (χ0n) is 10.1. The molecule has 0 heterocycles. The highest BCUT2D eigenvalue weighted by Gasteiger charge is 2.10. The summed E-state index contributed by atoms with van der Waals surface area (Å²) in [6.45, 7) is 3.29. The fraction of sp³-hybridized carbons (Fsp3) is 0.538. The highest BCUT2D eigenvalue weighted by molar-refractivity contribution is 5.30. The summed E-state index contributed by atoms with van der Waals surface area (Å²) in [5.74, 6) is 0.860. The van der Waals surface area contributed by atoms with Crippen LogP contribution in [0.2, 0.25) is 0 Å². The minimum Gasteiger partial charge on any atom is -0.497 e. The van der Waals surface area contributed by atoms with E-state index in [0.29, 0.717) is 0 Å². The first-order chi connectivity index (χ1) is 7.81. The lowest BCUT2D eigenvalue weighted by Gasteiger charge is -2.18. The molecule has 0 saturated heterocycles. The van der Waals surface area contributed by atoms with E-state index in [-0.39, 0.29) is 12.6 Å². The first-order valence-corrected chi connectivity index (χ1v) is 5.80. The molecule has 1 aromatic carbocycles. The van der Waals surface area contributed by atoms with Crippen LogP contribution >= 0.6 is 0 Å². The normalized spacial score (nSPS) is 12.4. The van der Waals surface area contributed by atoms with Crippen LogP contribution in [-0.4, -0.2) is 25.4 Å². The van der Waals surface area contributed by atoms with Crippen LogP contribution < -0.4 is 10.1 Å². The smallest absolute Gasteiger partial charge is 0.119 e. The number of methoxy groups -OCH3 is 1. The molecule has 0 amide bonds. The molecule has 0 aliphatic carbocycles. The third kappa shape index (κ3) is 3.83. The maximum atomic E-state index is 9.05. The molecule has 0 aliphatic rings. The molecule has 16 heavy (non-hydrogen) atoms. The number of aliphatic hydroxyl groups is 1. The summed E-state index contributed by atoms with van der Waals surface area (Å²) < 4.78 is 5.20. The van der Waals surface area contributed by atoms with Crippen molar-refractivity contribution in [3.8, 4) is 5.75 Å². The number of aliphatic hydroxyl groups excluding tert-OH is 1. The molecule has 1 aromatic rings. The van der Waals surface area contributed by atoms with Gasteiger partial charge in [0.05, 0.1) is 7.11 Å². The summed E-state index contributed by atoms with van der Waals surface area (Å²) in [4.78, 5) is 0. The first kappa shape index (κ1) is 13.0. The Labute approximate surface area is 97.4 Å². The SMILES string of the molecule is CCCNC(CCO)c1cccc(OC)c1. The van der Waals surface area contributed by atoms with Gasteiger partial charge in [-0.2, -0.15) is 0 Å². The van der Waals surface area contributed by atoms with Gasteiger partial charge >= 0.3 is 0 Å². The molecule has 90 valence electrons. The van der Waals surface area contributed by atoms with E-state index in [1.54, 1.807) is 7.11 Å². The average molecular weight is 223 g/mol. The molecule has 0 saturated carbocycles. The Bertz CT molecular complexity index is 302. The Hall–Kier alpha value is -1.06. The number of hydrogen-bond donors (Lipinski definition) is 2. The number of nitrogens with one attached hydrogen (secondary N) is 1. The van der Waals surface area contributed by atoms with Crippen molar-refractivity contribution in [2.24, 2.45) is 0 Å². The maximum absolute atomic E-state index is 9.05. The number of rotatable bonds is 7. The third-order valence-corrected chi connectivity index (χ3v) is 2.55. The molecule has 1 unspecified atom stereocenters. The molecule has 0 aliphatic heterocycles. The summed E-state index contributed by atoms with van der Waals surface area (Å²) in [6.07, 6.45) is 1.82. The highest BCUT2D eigenvalue weighted by Crippen LogP contribution is 2.21. The fourth-order valence-corrected chi connectivity index (χ4v) is 1.69. The summed E-state index contributed by atoms with van der Waals surface area (Å²) in [7, 11) is 1.67. The molecule has 1 rings (SSSR count). The first-order valence-electron chi connectivity index (χ1n) is 5.80. The summed E-state index contributed by atoms with van der Waals surface area (Å²) in [6, 6.07) is 8.19. The van der Waals surface area contributed by atoms with Gasteiger partial charge in [0.2, 0.25) is 0 Å². The van der Waals surface area contributed by atoms with Gasteiger partial charge in [0.25, 0.3) is 0 Å². The molecular weight excluding hydrogens is 202 g/mol. The fourth-order valence-electron chi connectivity index (χ4n) is 1.69. The Morgan fingerprint density at radius 2 is 2.25 bits per heavy atom. The quantitative estimate of drug-likeness (QED) is 0.744. The zero-order valence-corrected chi connectivity index (χ0v) is 10.1. The Morgan fingerprint density at radius 3 is 2.88 bits per heavy atom. The summed E-state index contributed by atoms with van der Waals surface area (Å²) in [5, 5.41) is 12.5. The van der Waals surface area contributed by atoms with E-state index in [2.05, 4.69) is 18.3 Å². The largest absolute Gasteiger partial charge is 0.497 e. The van der Waals surface area contributed by atoms with Crippen molar-refractivity contribution < 1.29 is 9.84 Å². The second-order valence-electron chi connectivity index (χ2n) is 3.80. The molecule has 0 spiro atoms. The second kappa shape index (κ2) is 7.25. The van der Waals surface area contributed by atoms with Gasteiger partial charge in [0.15, 0.2) is 0 Å². The third-order valence-electron chi connectivity index (χ3n) is 2.55. The standard InChI is InChI=1S/C13H21NO2/c1-3-8-14-13(7-9-15)11-5-4-6-12(10-11)16-2/h4-6,10,13-15H,3,7-9H2,1-2H3. The number of hydrogen-bond acceptors (Lipinski definition) is 3. The van der Waals surface area contributed by atoms with E-state index in [1.165, 1.54) is 5.56 Å². The van der Waals surface area contributed by atoms with E-state index < -0.39 is 0 Å². The lowest BCUT2D eigenvalue weighted by molar-refractivity contribution is 0.265. The molecule has 3 nitrogen and oxygen atoms in total. The lowest BCUT2D eigenvalue weighted by Crippen LogP contribution is -2.23. The van der Waals surface area contributed by atoms with Crippen molar-refractivity contribution in [2.75, 3.05) is 20.3 Å². The molecule has 0 bridgehead atoms. The van der Waals surface area contributed by atoms with Gasteiger partial charge in [-0.15, -0.1) is 0 Å². The predicted octanol–water partition coefficient (Wildman–Crippen LogP) is 2.12. The van der Waals surface area contributed by atoms with Gasteiger partial charge < -0.3 is 15.2 Å². The topological polar surface area (TPSA) is 41.5 Å². The second-order valence-corrected chi connectivity index (χ2v) is 3.80. The van der Waals surface area contributed by atoms with Crippen LogP contribution in [0.25, 0.3) is 0 Å². The molecular formula is C13H21NO2. The van der Waals surface area contributed by atoms with E-state index in [4.69, 9.17) is 9.84 Å². The van der Waals surface area contributed by atoms with Crippen molar-refractivity contribution in [2.45, 2.75) is 25.8 Å². The van der Waals surface area contributed by atoms with Crippen LogP contribution in [0.4, 0.5) is 0 Å². The van der Waals surface area contributed by atoms with Crippen LogP contribution in [0.15, 0.2) is 24.3 Å². The molecule has 2 N–H and O–H groups in total. The van der Waals surface area contributed by atoms with Crippen molar-refractivity contribution in [3.63, 3.8) is 0 Å². The zero-order chi connectivity index (χ0) is 11.8. The molecule has 0 radical (unpaired) electrons. The van der Waals surface area contributed by atoms with Gasteiger partial charge in [-0.25, -0.2) is 0 Å². The molecule has 1 atom stereocenters. The van der Waals surface area contributed by atoms with E-state index in [9.17, 15) is 0 Å². The Morgan fingerprint density at radius 1 is 1.44 bits per heavy atom. The average Bonchev–Trinajstić information content (AvgIpc) is 2.34. The van der Waals surface area contributed by atoms with Gasteiger partial charge in [-0.1, -0.05) is 19.1 Å².